The lowest BCUT2D eigenvalue weighted by Gasteiger charge is -2.23. The summed E-state index contributed by atoms with van der Waals surface area (Å²) in [5.74, 6) is 0.233. The summed E-state index contributed by atoms with van der Waals surface area (Å²) in [7, 11) is 1.53. The van der Waals surface area contributed by atoms with Gasteiger partial charge in [-0.05, 0) is 30.7 Å². The van der Waals surface area contributed by atoms with Crippen molar-refractivity contribution in [2.45, 2.75) is 13.0 Å². The Hall–Kier alpha value is -2.11. The topological polar surface area (TPSA) is 32.8 Å². The Morgan fingerprint density at radius 2 is 1.96 bits per heavy atom. The summed E-state index contributed by atoms with van der Waals surface area (Å²) in [6, 6.07) is 11.9. The maximum Gasteiger partial charge on any atom is 0.257 e. The predicted octanol–water partition coefficient (Wildman–Crippen LogP) is 3.84. The SMILES string of the molecule is COc1cc(Cl)ccc1C(=O)N1CCCN(Cc2ccccc2F)CC1. The molecule has 1 saturated heterocycles. The second kappa shape index (κ2) is 8.52. The number of ether oxygens (including phenoxy) is 1. The van der Waals surface area contributed by atoms with Crippen molar-refractivity contribution in [3.63, 3.8) is 0 Å². The van der Waals surface area contributed by atoms with Crippen molar-refractivity contribution in [3.05, 3.63) is 64.4 Å². The average Bonchev–Trinajstić information content (AvgIpc) is 2.88. The molecule has 4 nitrogen and oxygen atoms in total. The van der Waals surface area contributed by atoms with Crippen LogP contribution in [-0.2, 0) is 6.54 Å². The van der Waals surface area contributed by atoms with Crippen LogP contribution in [0, 0.1) is 5.82 Å². The Morgan fingerprint density at radius 1 is 1.15 bits per heavy atom. The van der Waals surface area contributed by atoms with Gasteiger partial charge in [0.1, 0.15) is 11.6 Å². The Morgan fingerprint density at radius 3 is 2.73 bits per heavy atom. The molecule has 0 atom stereocenters. The molecule has 0 radical (unpaired) electrons. The Bertz CT molecular complexity index is 784. The second-order valence-electron chi connectivity index (χ2n) is 6.36. The molecule has 2 aromatic rings. The van der Waals surface area contributed by atoms with Gasteiger partial charge in [-0.15, -0.1) is 0 Å². The zero-order chi connectivity index (χ0) is 18.5. The molecule has 0 spiro atoms. The van der Waals surface area contributed by atoms with Gasteiger partial charge in [0.25, 0.3) is 5.91 Å². The fraction of sp³-hybridized carbons (Fsp3) is 0.350. The van der Waals surface area contributed by atoms with Crippen LogP contribution in [0.5, 0.6) is 5.75 Å². The van der Waals surface area contributed by atoms with Crippen LogP contribution in [0.2, 0.25) is 5.02 Å². The van der Waals surface area contributed by atoms with Crippen molar-refractivity contribution < 1.29 is 13.9 Å². The normalized spacial score (nSPS) is 15.6. The van der Waals surface area contributed by atoms with E-state index >= 15 is 0 Å². The summed E-state index contributed by atoms with van der Waals surface area (Å²) in [6.45, 7) is 3.35. The van der Waals surface area contributed by atoms with Crippen LogP contribution in [0.4, 0.5) is 4.39 Å². The van der Waals surface area contributed by atoms with Crippen molar-refractivity contribution >= 4 is 17.5 Å². The number of hydrogen-bond acceptors (Lipinski definition) is 3. The van der Waals surface area contributed by atoms with Gasteiger partial charge in [0.15, 0.2) is 0 Å². The fourth-order valence-electron chi connectivity index (χ4n) is 3.21. The number of methoxy groups -OCH3 is 1. The highest BCUT2D eigenvalue weighted by atomic mass is 35.5. The predicted molar refractivity (Wildman–Crippen MR) is 100 cm³/mol. The molecule has 3 rings (SSSR count). The van der Waals surface area contributed by atoms with Crippen LogP contribution in [-0.4, -0.2) is 49.0 Å². The van der Waals surface area contributed by atoms with Crippen molar-refractivity contribution in [3.8, 4) is 5.75 Å². The van der Waals surface area contributed by atoms with E-state index in [1.54, 1.807) is 24.3 Å². The maximum atomic E-state index is 13.9. The molecule has 1 amide bonds. The van der Waals surface area contributed by atoms with Gasteiger partial charge in [-0.3, -0.25) is 9.69 Å². The summed E-state index contributed by atoms with van der Waals surface area (Å²) in [6.07, 6.45) is 0.843. The molecular weight excluding hydrogens is 355 g/mol. The van der Waals surface area contributed by atoms with Crippen molar-refractivity contribution in [2.75, 3.05) is 33.3 Å². The number of halogens is 2. The van der Waals surface area contributed by atoms with E-state index in [1.807, 2.05) is 17.0 Å². The van der Waals surface area contributed by atoms with E-state index in [1.165, 1.54) is 13.2 Å². The second-order valence-corrected chi connectivity index (χ2v) is 6.79. The highest BCUT2D eigenvalue weighted by molar-refractivity contribution is 6.30. The highest BCUT2D eigenvalue weighted by Crippen LogP contribution is 2.25. The van der Waals surface area contributed by atoms with E-state index in [0.29, 0.717) is 48.1 Å². The monoisotopic (exact) mass is 376 g/mol. The first-order valence-corrected chi connectivity index (χ1v) is 9.05. The summed E-state index contributed by atoms with van der Waals surface area (Å²) < 4.78 is 19.2. The molecule has 26 heavy (non-hydrogen) atoms. The summed E-state index contributed by atoms with van der Waals surface area (Å²) >= 11 is 5.98. The molecule has 1 fully saturated rings. The number of benzene rings is 2. The number of carbonyl (C=O) groups is 1. The fourth-order valence-corrected chi connectivity index (χ4v) is 3.37. The molecule has 1 heterocycles. The van der Waals surface area contributed by atoms with Gasteiger partial charge < -0.3 is 9.64 Å². The molecule has 0 unspecified atom stereocenters. The van der Waals surface area contributed by atoms with E-state index < -0.39 is 0 Å². The minimum Gasteiger partial charge on any atom is -0.496 e. The zero-order valence-electron chi connectivity index (χ0n) is 14.8. The minimum atomic E-state index is -0.185. The van der Waals surface area contributed by atoms with E-state index in [4.69, 9.17) is 16.3 Å². The van der Waals surface area contributed by atoms with Gasteiger partial charge in [-0.1, -0.05) is 29.8 Å². The van der Waals surface area contributed by atoms with Crippen LogP contribution in [0.1, 0.15) is 22.3 Å². The molecule has 1 aliphatic rings. The number of carbonyl (C=O) groups excluding carboxylic acids is 1. The maximum absolute atomic E-state index is 13.9. The van der Waals surface area contributed by atoms with Crippen LogP contribution >= 0.6 is 11.6 Å². The molecule has 138 valence electrons. The van der Waals surface area contributed by atoms with E-state index in [9.17, 15) is 9.18 Å². The molecule has 0 saturated carbocycles. The quantitative estimate of drug-likeness (QED) is 0.812. The number of hydrogen-bond donors (Lipinski definition) is 0. The molecule has 0 bridgehead atoms. The molecular formula is C20H22ClFN2O2. The van der Waals surface area contributed by atoms with Crippen molar-refractivity contribution in [1.29, 1.82) is 0 Å². The van der Waals surface area contributed by atoms with Gasteiger partial charge in [0.05, 0.1) is 12.7 Å². The molecule has 0 aliphatic carbocycles. The lowest BCUT2D eigenvalue weighted by molar-refractivity contribution is 0.0757. The van der Waals surface area contributed by atoms with Crippen LogP contribution in [0.15, 0.2) is 42.5 Å². The first kappa shape index (κ1) is 18.7. The summed E-state index contributed by atoms with van der Waals surface area (Å²) in [5, 5.41) is 0.533. The lowest BCUT2D eigenvalue weighted by atomic mass is 10.1. The largest absolute Gasteiger partial charge is 0.496 e. The van der Waals surface area contributed by atoms with Gasteiger partial charge in [-0.2, -0.15) is 0 Å². The molecule has 0 aromatic heterocycles. The summed E-state index contributed by atoms with van der Waals surface area (Å²) in [5.41, 5.74) is 1.20. The molecule has 6 heteroatoms. The smallest absolute Gasteiger partial charge is 0.257 e. The number of amides is 1. The highest BCUT2D eigenvalue weighted by Gasteiger charge is 2.23. The average molecular weight is 377 g/mol. The van der Waals surface area contributed by atoms with Crippen molar-refractivity contribution in [2.24, 2.45) is 0 Å². The number of rotatable bonds is 4. The van der Waals surface area contributed by atoms with Crippen LogP contribution < -0.4 is 4.74 Å². The first-order chi connectivity index (χ1) is 12.6. The molecule has 0 N–H and O–H groups in total. The summed E-state index contributed by atoms with van der Waals surface area (Å²) in [4.78, 5) is 16.9. The van der Waals surface area contributed by atoms with E-state index in [2.05, 4.69) is 4.90 Å². The molecule has 1 aliphatic heterocycles. The Kier molecular flexibility index (Phi) is 6.12. The van der Waals surface area contributed by atoms with Crippen molar-refractivity contribution in [1.82, 2.24) is 9.80 Å². The number of nitrogens with zero attached hydrogens (tertiary/aromatic N) is 2. The lowest BCUT2D eigenvalue weighted by Crippen LogP contribution is -2.35. The van der Waals surface area contributed by atoms with Gasteiger partial charge in [0.2, 0.25) is 0 Å². The molecule has 2 aromatic carbocycles. The van der Waals surface area contributed by atoms with E-state index in [-0.39, 0.29) is 11.7 Å². The Balaban J connectivity index is 1.67. The van der Waals surface area contributed by atoms with Crippen LogP contribution in [0.3, 0.4) is 0 Å². The van der Waals surface area contributed by atoms with Gasteiger partial charge >= 0.3 is 0 Å². The minimum absolute atomic E-state index is 0.0636. The third-order valence-corrected chi connectivity index (χ3v) is 4.86. The van der Waals surface area contributed by atoms with Gasteiger partial charge in [-0.25, -0.2) is 4.39 Å². The third-order valence-electron chi connectivity index (χ3n) is 4.62. The first-order valence-electron chi connectivity index (χ1n) is 8.67. The standard InChI is InChI=1S/C20H22ClFN2O2/c1-26-19-13-16(21)7-8-17(19)20(25)24-10-4-9-23(11-12-24)14-15-5-2-3-6-18(15)22/h2-3,5-8,13H,4,9-12,14H2,1H3. The van der Waals surface area contributed by atoms with Gasteiger partial charge in [0, 0.05) is 43.3 Å². The Labute approximate surface area is 158 Å². The zero-order valence-corrected chi connectivity index (χ0v) is 15.5. The van der Waals surface area contributed by atoms with E-state index in [0.717, 1.165) is 13.0 Å². The van der Waals surface area contributed by atoms with Crippen LogP contribution in [0.25, 0.3) is 0 Å². The third kappa shape index (κ3) is 4.34.